The summed E-state index contributed by atoms with van der Waals surface area (Å²) in [5, 5.41) is 12.0. The second-order valence-corrected chi connectivity index (χ2v) is 4.05. The zero-order valence-corrected chi connectivity index (χ0v) is 11.2. The van der Waals surface area contributed by atoms with Gasteiger partial charge in [-0.1, -0.05) is 30.0 Å². The summed E-state index contributed by atoms with van der Waals surface area (Å²) in [4.78, 5) is 0. The molecule has 0 aliphatic rings. The summed E-state index contributed by atoms with van der Waals surface area (Å²) >= 11 is 0. The molecular formula is C17H14N2O. The molecule has 2 rings (SSSR count). The molecule has 0 bridgehead atoms. The molecule has 0 aromatic heterocycles. The second kappa shape index (κ2) is 6.87. The first-order valence-electron chi connectivity index (χ1n) is 6.19. The first kappa shape index (κ1) is 13.5. The van der Waals surface area contributed by atoms with Crippen molar-refractivity contribution < 1.29 is 4.74 Å². The third-order valence-corrected chi connectivity index (χ3v) is 2.70. The number of hydrogen-bond acceptors (Lipinski definition) is 3. The number of anilines is 1. The van der Waals surface area contributed by atoms with Crippen LogP contribution in [-0.2, 0) is 0 Å². The van der Waals surface area contributed by atoms with E-state index in [4.69, 9.17) is 10.00 Å². The Morgan fingerprint density at radius 3 is 2.60 bits per heavy atom. The maximum Gasteiger partial charge on any atom is 0.143 e. The standard InChI is InChI=1S/C17H14N2O/c1-20-17-12-15(13-18)9-10-16(17)19-11-5-8-14-6-3-2-4-7-14/h2-4,6-7,9-10,12,19H,11H2,1H3. The van der Waals surface area contributed by atoms with Gasteiger partial charge in [0.2, 0.25) is 0 Å². The molecule has 0 saturated carbocycles. The van der Waals surface area contributed by atoms with Crippen LogP contribution < -0.4 is 10.1 Å². The smallest absolute Gasteiger partial charge is 0.143 e. The number of ether oxygens (including phenoxy) is 1. The van der Waals surface area contributed by atoms with E-state index in [0.717, 1.165) is 11.3 Å². The third kappa shape index (κ3) is 3.54. The van der Waals surface area contributed by atoms with Gasteiger partial charge in [0, 0.05) is 11.6 Å². The van der Waals surface area contributed by atoms with Crippen molar-refractivity contribution in [2.75, 3.05) is 19.0 Å². The highest BCUT2D eigenvalue weighted by atomic mass is 16.5. The van der Waals surface area contributed by atoms with Crippen LogP contribution in [0.4, 0.5) is 5.69 Å². The van der Waals surface area contributed by atoms with Gasteiger partial charge >= 0.3 is 0 Å². The first-order chi connectivity index (χ1) is 9.83. The molecule has 1 N–H and O–H groups in total. The van der Waals surface area contributed by atoms with Crippen LogP contribution in [0, 0.1) is 23.2 Å². The van der Waals surface area contributed by atoms with Gasteiger partial charge in [-0.25, -0.2) is 0 Å². The number of rotatable bonds is 3. The highest BCUT2D eigenvalue weighted by Gasteiger charge is 2.02. The van der Waals surface area contributed by atoms with Crippen LogP contribution in [0.15, 0.2) is 48.5 Å². The van der Waals surface area contributed by atoms with Gasteiger partial charge < -0.3 is 10.1 Å². The van der Waals surface area contributed by atoms with Crippen molar-refractivity contribution in [1.29, 1.82) is 5.26 Å². The summed E-state index contributed by atoms with van der Waals surface area (Å²) < 4.78 is 5.24. The Bertz CT molecular complexity index is 676. The van der Waals surface area contributed by atoms with Gasteiger partial charge in [-0.2, -0.15) is 5.26 Å². The maximum absolute atomic E-state index is 8.84. The molecule has 0 fully saturated rings. The first-order valence-corrected chi connectivity index (χ1v) is 6.19. The van der Waals surface area contributed by atoms with E-state index in [1.54, 1.807) is 19.2 Å². The Hall–Kier alpha value is -2.91. The average Bonchev–Trinajstić information content (AvgIpc) is 2.52. The second-order valence-electron chi connectivity index (χ2n) is 4.05. The maximum atomic E-state index is 8.84. The van der Waals surface area contributed by atoms with E-state index in [0.29, 0.717) is 17.9 Å². The predicted octanol–water partition coefficient (Wildman–Crippen LogP) is 3.03. The van der Waals surface area contributed by atoms with E-state index in [2.05, 4.69) is 23.2 Å². The lowest BCUT2D eigenvalue weighted by molar-refractivity contribution is 0.416. The summed E-state index contributed by atoms with van der Waals surface area (Å²) in [6.45, 7) is 0.511. The van der Waals surface area contributed by atoms with Gasteiger partial charge in [0.25, 0.3) is 0 Å². The molecule has 2 aromatic rings. The Kier molecular flexibility index (Phi) is 4.65. The van der Waals surface area contributed by atoms with Crippen LogP contribution in [0.5, 0.6) is 5.75 Å². The van der Waals surface area contributed by atoms with Crippen molar-refractivity contribution in [1.82, 2.24) is 0 Å². The van der Waals surface area contributed by atoms with Gasteiger partial charge in [0.05, 0.1) is 31.0 Å². The van der Waals surface area contributed by atoms with Gasteiger partial charge in [-0.05, 0) is 24.3 Å². The van der Waals surface area contributed by atoms with Gasteiger partial charge in [0.1, 0.15) is 5.75 Å². The fourth-order valence-electron chi connectivity index (χ4n) is 1.71. The van der Waals surface area contributed by atoms with Crippen LogP contribution >= 0.6 is 0 Å². The Labute approximate surface area is 118 Å². The number of methoxy groups -OCH3 is 1. The molecule has 3 heteroatoms. The normalized spacial score (nSPS) is 9.00. The minimum atomic E-state index is 0.511. The molecule has 0 radical (unpaired) electrons. The van der Waals surface area contributed by atoms with E-state index < -0.39 is 0 Å². The summed E-state index contributed by atoms with van der Waals surface area (Å²) in [6, 6.07) is 17.2. The van der Waals surface area contributed by atoms with Crippen LogP contribution in [0.3, 0.4) is 0 Å². The molecule has 0 unspecified atom stereocenters. The summed E-state index contributed by atoms with van der Waals surface area (Å²) in [5.74, 6) is 6.76. The highest BCUT2D eigenvalue weighted by molar-refractivity contribution is 5.60. The van der Waals surface area contributed by atoms with Crippen LogP contribution in [-0.4, -0.2) is 13.7 Å². The minimum Gasteiger partial charge on any atom is -0.495 e. The molecule has 0 spiro atoms. The lowest BCUT2D eigenvalue weighted by Gasteiger charge is -2.08. The van der Waals surface area contributed by atoms with E-state index in [1.807, 2.05) is 36.4 Å². The monoisotopic (exact) mass is 262 g/mol. The number of benzene rings is 2. The molecule has 20 heavy (non-hydrogen) atoms. The van der Waals surface area contributed by atoms with Crippen LogP contribution in [0.25, 0.3) is 0 Å². The zero-order chi connectivity index (χ0) is 14.2. The lowest BCUT2D eigenvalue weighted by atomic mass is 10.2. The number of nitrogens with zero attached hydrogens (tertiary/aromatic N) is 1. The molecule has 3 nitrogen and oxygen atoms in total. The largest absolute Gasteiger partial charge is 0.495 e. The molecule has 98 valence electrons. The Morgan fingerprint density at radius 2 is 1.90 bits per heavy atom. The van der Waals surface area contributed by atoms with Crippen molar-refractivity contribution in [2.45, 2.75) is 0 Å². The van der Waals surface area contributed by atoms with E-state index in [-0.39, 0.29) is 0 Å². The van der Waals surface area contributed by atoms with E-state index in [1.165, 1.54) is 0 Å². The molecule has 0 amide bonds. The van der Waals surface area contributed by atoms with Crippen molar-refractivity contribution in [3.8, 4) is 23.7 Å². The van der Waals surface area contributed by atoms with E-state index >= 15 is 0 Å². The van der Waals surface area contributed by atoms with Crippen LogP contribution in [0.2, 0.25) is 0 Å². The van der Waals surface area contributed by atoms with E-state index in [9.17, 15) is 0 Å². The summed E-state index contributed by atoms with van der Waals surface area (Å²) in [6.07, 6.45) is 0. The summed E-state index contributed by atoms with van der Waals surface area (Å²) in [5.41, 5.74) is 2.39. The lowest BCUT2D eigenvalue weighted by Crippen LogP contribution is -2.01. The average molecular weight is 262 g/mol. The number of nitriles is 1. The quantitative estimate of drug-likeness (QED) is 0.865. The summed E-state index contributed by atoms with van der Waals surface area (Å²) in [7, 11) is 1.58. The van der Waals surface area contributed by atoms with Crippen molar-refractivity contribution in [2.24, 2.45) is 0 Å². The van der Waals surface area contributed by atoms with Crippen molar-refractivity contribution >= 4 is 5.69 Å². The van der Waals surface area contributed by atoms with Gasteiger partial charge in [-0.15, -0.1) is 0 Å². The fourth-order valence-corrected chi connectivity index (χ4v) is 1.71. The minimum absolute atomic E-state index is 0.511. The van der Waals surface area contributed by atoms with Crippen molar-refractivity contribution in [3.63, 3.8) is 0 Å². The molecule has 0 heterocycles. The Morgan fingerprint density at radius 1 is 1.10 bits per heavy atom. The molecular weight excluding hydrogens is 248 g/mol. The van der Waals surface area contributed by atoms with Crippen LogP contribution in [0.1, 0.15) is 11.1 Å². The fraction of sp³-hybridized carbons (Fsp3) is 0.118. The van der Waals surface area contributed by atoms with Crippen molar-refractivity contribution in [3.05, 3.63) is 59.7 Å². The number of hydrogen-bond donors (Lipinski definition) is 1. The van der Waals surface area contributed by atoms with Gasteiger partial charge in [0.15, 0.2) is 0 Å². The Balaban J connectivity index is 2.02. The molecule has 2 aromatic carbocycles. The molecule has 0 saturated heterocycles. The topological polar surface area (TPSA) is 45.0 Å². The highest BCUT2D eigenvalue weighted by Crippen LogP contribution is 2.24. The predicted molar refractivity (Wildman–Crippen MR) is 79.5 cm³/mol. The number of nitrogens with one attached hydrogen (secondary N) is 1. The van der Waals surface area contributed by atoms with Gasteiger partial charge in [-0.3, -0.25) is 0 Å². The third-order valence-electron chi connectivity index (χ3n) is 2.70. The molecule has 0 aliphatic heterocycles. The molecule has 0 atom stereocenters. The molecule has 0 aliphatic carbocycles. The zero-order valence-electron chi connectivity index (χ0n) is 11.2. The SMILES string of the molecule is COc1cc(C#N)ccc1NCC#Cc1ccccc1.